The van der Waals surface area contributed by atoms with E-state index in [2.05, 4.69) is 21.2 Å². The predicted octanol–water partition coefficient (Wildman–Crippen LogP) is 2.37. The van der Waals surface area contributed by atoms with Gasteiger partial charge in [-0.15, -0.1) is 0 Å². The minimum Gasteiger partial charge on any atom is -0.353 e. The lowest BCUT2D eigenvalue weighted by Crippen LogP contribution is -2.54. The lowest BCUT2D eigenvalue weighted by molar-refractivity contribution is -0.127. The summed E-state index contributed by atoms with van der Waals surface area (Å²) in [7, 11) is 0. The van der Waals surface area contributed by atoms with Crippen molar-refractivity contribution < 1.29 is 4.79 Å². The molecule has 1 unspecified atom stereocenters. The Balaban J connectivity index is 1.81. The molecule has 4 nitrogen and oxygen atoms in total. The summed E-state index contributed by atoms with van der Waals surface area (Å²) in [5, 5.41) is 3.78. The van der Waals surface area contributed by atoms with Crippen LogP contribution in [0.3, 0.4) is 0 Å². The summed E-state index contributed by atoms with van der Waals surface area (Å²) in [4.78, 5) is 16.7. The molecule has 2 rings (SSSR count). The van der Waals surface area contributed by atoms with Crippen molar-refractivity contribution in [2.24, 2.45) is 0 Å². The highest BCUT2D eigenvalue weighted by atomic mass is 35.5. The Labute approximate surface area is 138 Å². The third-order valence-corrected chi connectivity index (χ3v) is 4.30. The lowest BCUT2D eigenvalue weighted by atomic mass is 10.1. The topological polar surface area (TPSA) is 35.6 Å². The van der Waals surface area contributed by atoms with Crippen LogP contribution >= 0.6 is 11.6 Å². The molecule has 5 heteroatoms. The van der Waals surface area contributed by atoms with Crippen LogP contribution in [0.15, 0.2) is 24.3 Å². The van der Waals surface area contributed by atoms with Gasteiger partial charge in [0.25, 0.3) is 0 Å². The van der Waals surface area contributed by atoms with Gasteiger partial charge in [-0.2, -0.15) is 0 Å². The van der Waals surface area contributed by atoms with Crippen LogP contribution in [-0.4, -0.2) is 54.0 Å². The normalized spacial score (nSPS) is 18.4. The van der Waals surface area contributed by atoms with Crippen molar-refractivity contribution >= 4 is 17.5 Å². The molecule has 1 fully saturated rings. The molecule has 0 aliphatic carbocycles. The zero-order valence-corrected chi connectivity index (χ0v) is 14.4. The molecule has 1 amide bonds. The number of carbonyl (C=O) groups excluding carboxylic acids is 1. The SMILES string of the molecule is CC(C)NC(=O)C(C)N1CCN(Cc2cccc(Cl)c2)CC1. The number of hydrogen-bond donors (Lipinski definition) is 1. The Hall–Kier alpha value is -1.10. The molecular weight excluding hydrogens is 298 g/mol. The molecular formula is C17H26ClN3O. The number of amides is 1. The predicted molar refractivity (Wildman–Crippen MR) is 91.0 cm³/mol. The van der Waals surface area contributed by atoms with E-state index in [4.69, 9.17) is 11.6 Å². The van der Waals surface area contributed by atoms with E-state index in [1.807, 2.05) is 39.0 Å². The second kappa shape index (κ2) is 7.95. The summed E-state index contributed by atoms with van der Waals surface area (Å²) in [6.07, 6.45) is 0. The smallest absolute Gasteiger partial charge is 0.237 e. The minimum absolute atomic E-state index is 0.0595. The van der Waals surface area contributed by atoms with Gasteiger partial charge in [-0.3, -0.25) is 14.6 Å². The highest BCUT2D eigenvalue weighted by Crippen LogP contribution is 2.14. The van der Waals surface area contributed by atoms with E-state index in [-0.39, 0.29) is 18.0 Å². The van der Waals surface area contributed by atoms with Crippen LogP contribution in [0.4, 0.5) is 0 Å². The van der Waals surface area contributed by atoms with Crippen LogP contribution in [0.1, 0.15) is 26.3 Å². The number of nitrogens with zero attached hydrogens (tertiary/aromatic N) is 2. The molecule has 1 saturated heterocycles. The van der Waals surface area contributed by atoms with Gasteiger partial charge in [0.05, 0.1) is 6.04 Å². The van der Waals surface area contributed by atoms with Crippen LogP contribution < -0.4 is 5.32 Å². The Bertz CT molecular complexity index is 498. The van der Waals surface area contributed by atoms with Crippen LogP contribution in [0, 0.1) is 0 Å². The zero-order chi connectivity index (χ0) is 16.1. The Morgan fingerprint density at radius 2 is 1.91 bits per heavy atom. The van der Waals surface area contributed by atoms with E-state index in [9.17, 15) is 4.79 Å². The molecule has 1 N–H and O–H groups in total. The van der Waals surface area contributed by atoms with E-state index in [1.165, 1.54) is 5.56 Å². The van der Waals surface area contributed by atoms with Gasteiger partial charge in [0, 0.05) is 43.8 Å². The molecule has 22 heavy (non-hydrogen) atoms. The van der Waals surface area contributed by atoms with Crippen molar-refractivity contribution in [3.63, 3.8) is 0 Å². The molecule has 0 radical (unpaired) electrons. The van der Waals surface area contributed by atoms with Crippen LogP contribution in [0.25, 0.3) is 0 Å². The molecule has 1 heterocycles. The molecule has 0 saturated carbocycles. The maximum atomic E-state index is 12.1. The number of nitrogens with one attached hydrogen (secondary N) is 1. The fraction of sp³-hybridized carbons (Fsp3) is 0.588. The highest BCUT2D eigenvalue weighted by molar-refractivity contribution is 6.30. The van der Waals surface area contributed by atoms with Crippen molar-refractivity contribution in [2.75, 3.05) is 26.2 Å². The van der Waals surface area contributed by atoms with Crippen LogP contribution in [0.2, 0.25) is 5.02 Å². The summed E-state index contributed by atoms with van der Waals surface area (Å²) < 4.78 is 0. The highest BCUT2D eigenvalue weighted by Gasteiger charge is 2.25. The number of rotatable bonds is 5. The van der Waals surface area contributed by atoms with Crippen molar-refractivity contribution in [1.82, 2.24) is 15.1 Å². The fourth-order valence-corrected chi connectivity index (χ4v) is 2.99. The fourth-order valence-electron chi connectivity index (χ4n) is 2.77. The number of hydrogen-bond acceptors (Lipinski definition) is 3. The molecule has 0 bridgehead atoms. The van der Waals surface area contributed by atoms with Gasteiger partial charge >= 0.3 is 0 Å². The average Bonchev–Trinajstić information content (AvgIpc) is 2.46. The van der Waals surface area contributed by atoms with E-state index < -0.39 is 0 Å². The van der Waals surface area contributed by atoms with Crippen molar-refractivity contribution in [3.05, 3.63) is 34.9 Å². The van der Waals surface area contributed by atoms with Crippen molar-refractivity contribution in [3.8, 4) is 0 Å². The van der Waals surface area contributed by atoms with Gasteiger partial charge in [-0.1, -0.05) is 23.7 Å². The first-order valence-electron chi connectivity index (χ1n) is 7.97. The molecule has 0 spiro atoms. The second-order valence-electron chi connectivity index (χ2n) is 6.28. The summed E-state index contributed by atoms with van der Waals surface area (Å²) >= 11 is 6.03. The summed E-state index contributed by atoms with van der Waals surface area (Å²) in [6, 6.07) is 8.16. The average molecular weight is 324 g/mol. The van der Waals surface area contributed by atoms with E-state index in [0.29, 0.717) is 0 Å². The quantitative estimate of drug-likeness (QED) is 0.903. The first-order valence-corrected chi connectivity index (χ1v) is 8.34. The molecule has 1 aliphatic rings. The van der Waals surface area contributed by atoms with Gasteiger partial charge in [-0.25, -0.2) is 0 Å². The molecule has 122 valence electrons. The summed E-state index contributed by atoms with van der Waals surface area (Å²) in [6.45, 7) is 10.7. The zero-order valence-electron chi connectivity index (χ0n) is 13.7. The van der Waals surface area contributed by atoms with Gasteiger partial charge in [0.15, 0.2) is 0 Å². The number of piperazine rings is 1. The Morgan fingerprint density at radius 3 is 2.50 bits per heavy atom. The third kappa shape index (κ3) is 4.97. The van der Waals surface area contributed by atoms with Gasteiger partial charge in [0.1, 0.15) is 0 Å². The van der Waals surface area contributed by atoms with E-state index in [0.717, 1.165) is 37.7 Å². The van der Waals surface area contributed by atoms with Gasteiger partial charge in [0.2, 0.25) is 5.91 Å². The van der Waals surface area contributed by atoms with Gasteiger partial charge in [-0.05, 0) is 38.5 Å². The molecule has 1 aliphatic heterocycles. The number of halogens is 1. The van der Waals surface area contributed by atoms with Crippen LogP contribution in [-0.2, 0) is 11.3 Å². The van der Waals surface area contributed by atoms with Crippen molar-refractivity contribution in [1.29, 1.82) is 0 Å². The maximum absolute atomic E-state index is 12.1. The molecule has 1 atom stereocenters. The van der Waals surface area contributed by atoms with Crippen LogP contribution in [0.5, 0.6) is 0 Å². The Morgan fingerprint density at radius 1 is 1.23 bits per heavy atom. The number of benzene rings is 1. The third-order valence-electron chi connectivity index (χ3n) is 4.06. The molecule has 1 aromatic rings. The first-order chi connectivity index (χ1) is 10.5. The van der Waals surface area contributed by atoms with E-state index in [1.54, 1.807) is 0 Å². The minimum atomic E-state index is -0.0595. The summed E-state index contributed by atoms with van der Waals surface area (Å²) in [5.74, 6) is 0.123. The lowest BCUT2D eigenvalue weighted by Gasteiger charge is -2.37. The summed E-state index contributed by atoms with van der Waals surface area (Å²) in [5.41, 5.74) is 1.24. The molecule has 0 aromatic heterocycles. The Kier molecular flexibility index (Phi) is 6.24. The number of carbonyl (C=O) groups is 1. The van der Waals surface area contributed by atoms with Crippen molar-refractivity contribution in [2.45, 2.75) is 39.4 Å². The maximum Gasteiger partial charge on any atom is 0.237 e. The monoisotopic (exact) mass is 323 g/mol. The molecule has 1 aromatic carbocycles. The standard InChI is InChI=1S/C17H26ClN3O/c1-13(2)19-17(22)14(3)21-9-7-20(8-10-21)12-15-5-4-6-16(18)11-15/h4-6,11,13-14H,7-10,12H2,1-3H3,(H,19,22). The van der Waals surface area contributed by atoms with Gasteiger partial charge < -0.3 is 5.32 Å². The second-order valence-corrected chi connectivity index (χ2v) is 6.72. The first kappa shape index (κ1) is 17.3. The largest absolute Gasteiger partial charge is 0.353 e. The van der Waals surface area contributed by atoms with E-state index >= 15 is 0 Å².